The zero-order valence-electron chi connectivity index (χ0n) is 9.14. The lowest BCUT2D eigenvalue weighted by Gasteiger charge is -2.05. The molecule has 0 aliphatic carbocycles. The van der Waals surface area contributed by atoms with Crippen molar-refractivity contribution in [3.05, 3.63) is 39.0 Å². The van der Waals surface area contributed by atoms with Crippen molar-refractivity contribution in [3.63, 3.8) is 0 Å². The van der Waals surface area contributed by atoms with Crippen molar-refractivity contribution in [3.8, 4) is 5.75 Å². The summed E-state index contributed by atoms with van der Waals surface area (Å²) in [4.78, 5) is 26.2. The van der Waals surface area contributed by atoms with Gasteiger partial charge in [0.1, 0.15) is 5.75 Å². The molecule has 6 nitrogen and oxygen atoms in total. The maximum atomic E-state index is 12.0. The quantitative estimate of drug-likeness (QED) is 0.682. The van der Waals surface area contributed by atoms with Gasteiger partial charge in [-0.15, -0.1) is 0 Å². The van der Waals surface area contributed by atoms with Gasteiger partial charge in [-0.1, -0.05) is 0 Å². The Balaban J connectivity index is 2.69. The fourth-order valence-corrected chi connectivity index (χ4v) is 1.69. The molecule has 0 saturated carbocycles. The molecule has 1 heterocycles. The number of fused-ring (bicyclic) bond motifs is 1. The van der Waals surface area contributed by atoms with Crippen LogP contribution in [0.5, 0.6) is 5.75 Å². The molecule has 0 unspecified atom stereocenters. The average Bonchev–Trinajstić information content (AvgIpc) is 2.30. The van der Waals surface area contributed by atoms with Gasteiger partial charge in [-0.25, -0.2) is 4.79 Å². The number of nitrogens with one attached hydrogen (secondary N) is 1. The van der Waals surface area contributed by atoms with E-state index in [2.05, 4.69) is 4.98 Å². The number of phenolic OH excluding ortho intramolecular Hbond substituents is 1. The van der Waals surface area contributed by atoms with Crippen molar-refractivity contribution >= 4 is 10.9 Å². The summed E-state index contributed by atoms with van der Waals surface area (Å²) in [6.45, 7) is 0.681. The van der Waals surface area contributed by atoms with Crippen LogP contribution in [0, 0.1) is 0 Å². The number of nitrogens with two attached hydrogens (primary N) is 1. The molecule has 4 N–H and O–H groups in total. The van der Waals surface area contributed by atoms with E-state index in [1.165, 1.54) is 18.2 Å². The van der Waals surface area contributed by atoms with Crippen LogP contribution < -0.4 is 17.0 Å². The molecule has 0 aliphatic heterocycles. The predicted molar refractivity (Wildman–Crippen MR) is 64.2 cm³/mol. The average molecular weight is 235 g/mol. The molecular formula is C11H13N3O3. The van der Waals surface area contributed by atoms with Crippen LogP contribution in [0.25, 0.3) is 10.9 Å². The maximum absolute atomic E-state index is 12.0. The Morgan fingerprint density at radius 3 is 2.82 bits per heavy atom. The molecule has 0 amide bonds. The van der Waals surface area contributed by atoms with Crippen LogP contribution in [0.15, 0.2) is 27.8 Å². The van der Waals surface area contributed by atoms with Gasteiger partial charge in [0.05, 0.1) is 10.9 Å². The van der Waals surface area contributed by atoms with Gasteiger partial charge in [0, 0.05) is 6.54 Å². The summed E-state index contributed by atoms with van der Waals surface area (Å²) in [5.74, 6) is -0.00739. The van der Waals surface area contributed by atoms with Crippen LogP contribution in [-0.2, 0) is 6.54 Å². The minimum Gasteiger partial charge on any atom is -0.508 e. The number of aromatic hydroxyl groups is 1. The first kappa shape index (κ1) is 11.4. The van der Waals surface area contributed by atoms with Crippen molar-refractivity contribution in [2.75, 3.05) is 6.54 Å². The first-order valence-electron chi connectivity index (χ1n) is 5.29. The molecule has 0 aliphatic rings. The number of nitrogens with zero attached hydrogens (tertiary/aromatic N) is 1. The Labute approximate surface area is 96.3 Å². The molecule has 1 aromatic carbocycles. The van der Waals surface area contributed by atoms with Crippen LogP contribution in [0.4, 0.5) is 0 Å². The van der Waals surface area contributed by atoms with E-state index in [1.54, 1.807) is 0 Å². The van der Waals surface area contributed by atoms with Gasteiger partial charge in [0.25, 0.3) is 5.56 Å². The van der Waals surface area contributed by atoms with Gasteiger partial charge in [0.15, 0.2) is 0 Å². The number of hydrogen-bond donors (Lipinski definition) is 3. The molecule has 0 spiro atoms. The largest absolute Gasteiger partial charge is 0.508 e. The van der Waals surface area contributed by atoms with Crippen molar-refractivity contribution in [1.29, 1.82) is 0 Å². The zero-order chi connectivity index (χ0) is 12.4. The van der Waals surface area contributed by atoms with E-state index in [0.717, 1.165) is 4.57 Å². The fourth-order valence-electron chi connectivity index (χ4n) is 1.69. The molecule has 90 valence electrons. The Kier molecular flexibility index (Phi) is 2.97. The lowest BCUT2D eigenvalue weighted by molar-refractivity contribution is 0.476. The minimum absolute atomic E-state index is 0.00739. The summed E-state index contributed by atoms with van der Waals surface area (Å²) in [5, 5.41) is 9.62. The summed E-state index contributed by atoms with van der Waals surface area (Å²) in [6, 6.07) is 4.26. The highest BCUT2D eigenvalue weighted by molar-refractivity contribution is 5.78. The Morgan fingerprint density at radius 1 is 1.35 bits per heavy atom. The van der Waals surface area contributed by atoms with Crippen LogP contribution in [0.1, 0.15) is 6.42 Å². The van der Waals surface area contributed by atoms with Crippen LogP contribution in [-0.4, -0.2) is 21.2 Å². The molecule has 2 aromatic rings. The molecule has 0 atom stereocenters. The summed E-state index contributed by atoms with van der Waals surface area (Å²) >= 11 is 0. The fraction of sp³-hybridized carbons (Fsp3) is 0.273. The van der Waals surface area contributed by atoms with E-state index in [-0.39, 0.29) is 12.3 Å². The van der Waals surface area contributed by atoms with E-state index in [0.29, 0.717) is 23.9 Å². The summed E-state index contributed by atoms with van der Waals surface area (Å²) < 4.78 is 1.09. The number of aromatic nitrogens is 2. The lowest BCUT2D eigenvalue weighted by atomic mass is 10.2. The molecule has 2 rings (SSSR count). The van der Waals surface area contributed by atoms with E-state index in [9.17, 15) is 14.7 Å². The molecule has 0 saturated heterocycles. The number of benzene rings is 1. The minimum atomic E-state index is -0.457. The second kappa shape index (κ2) is 4.42. The first-order valence-corrected chi connectivity index (χ1v) is 5.29. The van der Waals surface area contributed by atoms with Crippen molar-refractivity contribution in [1.82, 2.24) is 9.55 Å². The van der Waals surface area contributed by atoms with Gasteiger partial charge in [0.2, 0.25) is 0 Å². The number of phenols is 1. The molecule has 0 fully saturated rings. The van der Waals surface area contributed by atoms with E-state index in [1.807, 2.05) is 0 Å². The van der Waals surface area contributed by atoms with Crippen molar-refractivity contribution < 1.29 is 5.11 Å². The third-order valence-corrected chi connectivity index (χ3v) is 2.55. The van der Waals surface area contributed by atoms with Gasteiger partial charge >= 0.3 is 5.69 Å². The highest BCUT2D eigenvalue weighted by Gasteiger charge is 2.07. The highest BCUT2D eigenvalue weighted by atomic mass is 16.3. The third kappa shape index (κ3) is 2.07. The van der Waals surface area contributed by atoms with Crippen molar-refractivity contribution in [2.24, 2.45) is 5.73 Å². The van der Waals surface area contributed by atoms with Crippen molar-refractivity contribution in [2.45, 2.75) is 13.0 Å². The first-order chi connectivity index (χ1) is 8.13. The van der Waals surface area contributed by atoms with E-state index >= 15 is 0 Å². The predicted octanol–water partition coefficient (Wildman–Crippen LogP) is -0.256. The van der Waals surface area contributed by atoms with Gasteiger partial charge in [-0.05, 0) is 31.2 Å². The second-order valence-electron chi connectivity index (χ2n) is 3.76. The van der Waals surface area contributed by atoms with E-state index < -0.39 is 11.2 Å². The molecular weight excluding hydrogens is 222 g/mol. The normalized spacial score (nSPS) is 10.9. The molecule has 0 radical (unpaired) electrons. The van der Waals surface area contributed by atoms with Gasteiger partial charge in [-0.2, -0.15) is 0 Å². The Morgan fingerprint density at radius 2 is 2.12 bits per heavy atom. The smallest absolute Gasteiger partial charge is 0.328 e. The SMILES string of the molecule is NCCCn1c(=O)[nH]c2ccc(O)cc2c1=O. The lowest BCUT2D eigenvalue weighted by Crippen LogP contribution is -2.35. The summed E-state index contributed by atoms with van der Waals surface area (Å²) in [6.07, 6.45) is 0.549. The Hall–Kier alpha value is -2.08. The Bertz CT molecular complexity index is 657. The standard InChI is InChI=1S/C11H13N3O3/c12-4-1-5-14-10(16)8-6-7(15)2-3-9(8)13-11(14)17/h2-3,6,15H,1,4-5,12H2,(H,13,17). The molecule has 0 bridgehead atoms. The van der Waals surface area contributed by atoms with Crippen LogP contribution in [0.3, 0.4) is 0 Å². The topological polar surface area (TPSA) is 101 Å². The van der Waals surface area contributed by atoms with Crippen LogP contribution in [0.2, 0.25) is 0 Å². The molecule has 1 aromatic heterocycles. The van der Waals surface area contributed by atoms with Gasteiger partial charge < -0.3 is 15.8 Å². The number of rotatable bonds is 3. The van der Waals surface area contributed by atoms with E-state index in [4.69, 9.17) is 5.73 Å². The molecule has 6 heteroatoms. The summed E-state index contributed by atoms with van der Waals surface area (Å²) in [5.41, 5.74) is 4.90. The number of hydrogen-bond acceptors (Lipinski definition) is 4. The van der Waals surface area contributed by atoms with Gasteiger partial charge in [-0.3, -0.25) is 9.36 Å². The number of H-pyrrole nitrogens is 1. The highest BCUT2D eigenvalue weighted by Crippen LogP contribution is 2.13. The summed E-state index contributed by atoms with van der Waals surface area (Å²) in [7, 11) is 0. The second-order valence-corrected chi connectivity index (χ2v) is 3.76. The molecule has 17 heavy (non-hydrogen) atoms. The maximum Gasteiger partial charge on any atom is 0.328 e. The third-order valence-electron chi connectivity index (χ3n) is 2.55. The van der Waals surface area contributed by atoms with Crippen LogP contribution >= 0.6 is 0 Å². The zero-order valence-corrected chi connectivity index (χ0v) is 9.14. The number of aromatic amines is 1. The monoisotopic (exact) mass is 235 g/mol.